The normalized spacial score (nSPS) is 27.9. The van der Waals surface area contributed by atoms with Gasteiger partial charge in [0.25, 0.3) is 5.91 Å². The Kier molecular flexibility index (Phi) is 4.37. The van der Waals surface area contributed by atoms with E-state index in [0.717, 1.165) is 37.2 Å². The average Bonchev–Trinajstić information content (AvgIpc) is 3.23. The Balaban J connectivity index is 1.52. The van der Waals surface area contributed by atoms with Crippen molar-refractivity contribution in [3.05, 3.63) is 34.2 Å². The van der Waals surface area contributed by atoms with Gasteiger partial charge in [0.05, 0.1) is 17.6 Å². The first-order valence-corrected chi connectivity index (χ1v) is 9.49. The average molecular weight is 361 g/mol. The molecule has 0 unspecified atom stereocenters. The lowest BCUT2D eigenvalue weighted by Crippen LogP contribution is -2.35. The first-order valence-electron chi connectivity index (χ1n) is 8.27. The van der Waals surface area contributed by atoms with E-state index in [-0.39, 0.29) is 18.1 Å². The fourth-order valence-corrected chi connectivity index (χ4v) is 4.61. The second-order valence-electron chi connectivity index (χ2n) is 6.43. The second kappa shape index (κ2) is 6.50. The number of benzene rings is 1. The molecule has 0 aliphatic carbocycles. The van der Waals surface area contributed by atoms with Crippen LogP contribution in [0.5, 0.6) is 5.75 Å². The summed E-state index contributed by atoms with van der Waals surface area (Å²) in [5.41, 5.74) is 2.22. The van der Waals surface area contributed by atoms with E-state index in [4.69, 9.17) is 21.7 Å². The number of fused-ring (bicyclic) bond motifs is 1. The zero-order valence-electron chi connectivity index (χ0n) is 13.5. The van der Waals surface area contributed by atoms with Gasteiger partial charge >= 0.3 is 0 Å². The van der Waals surface area contributed by atoms with Crippen molar-refractivity contribution in [1.82, 2.24) is 4.90 Å². The lowest BCUT2D eigenvalue weighted by atomic mass is 10.1. The van der Waals surface area contributed by atoms with Gasteiger partial charge < -0.3 is 9.47 Å². The molecule has 24 heavy (non-hydrogen) atoms. The summed E-state index contributed by atoms with van der Waals surface area (Å²) < 4.78 is 12.0. The van der Waals surface area contributed by atoms with Crippen LogP contribution in [0.4, 0.5) is 0 Å². The number of amides is 1. The van der Waals surface area contributed by atoms with Gasteiger partial charge in [-0.15, -0.1) is 0 Å². The largest absolute Gasteiger partial charge is 0.490 e. The van der Waals surface area contributed by atoms with Crippen LogP contribution < -0.4 is 4.74 Å². The monoisotopic (exact) mass is 361 g/mol. The summed E-state index contributed by atoms with van der Waals surface area (Å²) in [6, 6.07) is 6.08. The lowest BCUT2D eigenvalue weighted by Gasteiger charge is -2.18. The van der Waals surface area contributed by atoms with E-state index in [2.05, 4.69) is 13.0 Å². The topological polar surface area (TPSA) is 38.8 Å². The highest BCUT2D eigenvalue weighted by molar-refractivity contribution is 8.26. The predicted octanol–water partition coefficient (Wildman–Crippen LogP) is 3.39. The minimum Gasteiger partial charge on any atom is -0.490 e. The van der Waals surface area contributed by atoms with Gasteiger partial charge in [0, 0.05) is 13.0 Å². The Bertz CT molecular complexity index is 725. The van der Waals surface area contributed by atoms with Gasteiger partial charge in [0.1, 0.15) is 16.2 Å². The van der Waals surface area contributed by atoms with Gasteiger partial charge in [0.2, 0.25) is 0 Å². The highest BCUT2D eigenvalue weighted by Gasteiger charge is 2.34. The number of hydrogen-bond acceptors (Lipinski definition) is 5. The van der Waals surface area contributed by atoms with Crippen LogP contribution in [0, 0.1) is 0 Å². The van der Waals surface area contributed by atoms with Gasteiger partial charge in [0.15, 0.2) is 0 Å². The van der Waals surface area contributed by atoms with Crippen LogP contribution >= 0.6 is 24.0 Å². The van der Waals surface area contributed by atoms with Crippen LogP contribution in [0.2, 0.25) is 0 Å². The molecule has 4 rings (SSSR count). The molecule has 3 aliphatic rings. The highest BCUT2D eigenvalue weighted by Crippen LogP contribution is 2.35. The van der Waals surface area contributed by atoms with Gasteiger partial charge in [-0.1, -0.05) is 30.0 Å². The summed E-state index contributed by atoms with van der Waals surface area (Å²) in [4.78, 5) is 15.0. The maximum Gasteiger partial charge on any atom is 0.266 e. The molecule has 126 valence electrons. The van der Waals surface area contributed by atoms with Crippen LogP contribution in [0.3, 0.4) is 0 Å². The summed E-state index contributed by atoms with van der Waals surface area (Å²) in [5.74, 6) is 0.941. The SMILES string of the molecule is C[C@H]1Cc2cc(/C=C3\SC(=S)N(C[C@@H]4CCCO4)C3=O)ccc2O1. The number of carbonyl (C=O) groups is 1. The summed E-state index contributed by atoms with van der Waals surface area (Å²) in [6.45, 7) is 3.42. The molecule has 0 spiro atoms. The highest BCUT2D eigenvalue weighted by atomic mass is 32.2. The number of rotatable bonds is 3. The minimum atomic E-state index is -0.00869. The van der Waals surface area contributed by atoms with E-state index < -0.39 is 0 Å². The molecule has 3 aliphatic heterocycles. The van der Waals surface area contributed by atoms with Crippen molar-refractivity contribution in [3.63, 3.8) is 0 Å². The predicted molar refractivity (Wildman–Crippen MR) is 99.1 cm³/mol. The third kappa shape index (κ3) is 3.10. The first-order chi connectivity index (χ1) is 11.6. The molecule has 0 saturated carbocycles. The van der Waals surface area contributed by atoms with Crippen molar-refractivity contribution in [3.8, 4) is 5.75 Å². The van der Waals surface area contributed by atoms with Crippen molar-refractivity contribution in [1.29, 1.82) is 0 Å². The molecule has 4 nitrogen and oxygen atoms in total. The van der Waals surface area contributed by atoms with Crippen molar-refractivity contribution in [2.24, 2.45) is 0 Å². The molecule has 2 atom stereocenters. The lowest BCUT2D eigenvalue weighted by molar-refractivity contribution is -0.123. The van der Waals surface area contributed by atoms with Crippen molar-refractivity contribution in [2.45, 2.75) is 38.4 Å². The van der Waals surface area contributed by atoms with Crippen LogP contribution in [-0.2, 0) is 16.0 Å². The quantitative estimate of drug-likeness (QED) is 0.609. The molecular weight excluding hydrogens is 342 g/mol. The van der Waals surface area contributed by atoms with E-state index in [9.17, 15) is 4.79 Å². The smallest absolute Gasteiger partial charge is 0.266 e. The van der Waals surface area contributed by atoms with E-state index >= 15 is 0 Å². The Morgan fingerprint density at radius 1 is 1.46 bits per heavy atom. The minimum absolute atomic E-state index is 0.00869. The summed E-state index contributed by atoms with van der Waals surface area (Å²) in [6.07, 6.45) is 5.24. The van der Waals surface area contributed by atoms with Crippen LogP contribution in [0.15, 0.2) is 23.1 Å². The Morgan fingerprint density at radius 3 is 3.12 bits per heavy atom. The van der Waals surface area contributed by atoms with Gasteiger partial charge in [-0.3, -0.25) is 9.69 Å². The Labute approximate surface area is 151 Å². The van der Waals surface area contributed by atoms with Gasteiger partial charge in [-0.25, -0.2) is 0 Å². The van der Waals surface area contributed by atoms with Gasteiger partial charge in [-0.05, 0) is 49.1 Å². The maximum atomic E-state index is 12.7. The molecule has 0 radical (unpaired) electrons. The third-order valence-corrected chi connectivity index (χ3v) is 5.88. The molecule has 0 bridgehead atoms. The summed E-state index contributed by atoms with van der Waals surface area (Å²) in [7, 11) is 0. The third-order valence-electron chi connectivity index (χ3n) is 4.50. The Hall–Kier alpha value is -1.37. The molecule has 2 fully saturated rings. The molecule has 1 amide bonds. The van der Waals surface area contributed by atoms with Crippen molar-refractivity contribution in [2.75, 3.05) is 13.2 Å². The molecule has 1 aromatic rings. The molecule has 1 aromatic carbocycles. The molecule has 0 aromatic heterocycles. The number of hydrogen-bond donors (Lipinski definition) is 0. The van der Waals surface area contributed by atoms with Gasteiger partial charge in [-0.2, -0.15) is 0 Å². The molecule has 0 N–H and O–H groups in total. The number of ether oxygens (including phenoxy) is 2. The molecule has 3 heterocycles. The number of carbonyl (C=O) groups excluding carboxylic acids is 1. The van der Waals surface area contributed by atoms with Crippen LogP contribution in [-0.4, -0.2) is 40.5 Å². The fourth-order valence-electron chi connectivity index (χ4n) is 3.33. The summed E-state index contributed by atoms with van der Waals surface area (Å²) >= 11 is 6.77. The van der Waals surface area contributed by atoms with E-state index in [1.165, 1.54) is 17.3 Å². The maximum absolute atomic E-state index is 12.7. The van der Waals surface area contributed by atoms with E-state index in [1.807, 2.05) is 18.2 Å². The van der Waals surface area contributed by atoms with E-state index in [0.29, 0.717) is 15.8 Å². The number of thiocarbonyl (C=S) groups is 1. The molecular formula is C18H19NO3S2. The van der Waals surface area contributed by atoms with Crippen molar-refractivity contribution >= 4 is 40.3 Å². The zero-order chi connectivity index (χ0) is 16.7. The Morgan fingerprint density at radius 2 is 2.33 bits per heavy atom. The fraction of sp³-hybridized carbons (Fsp3) is 0.444. The van der Waals surface area contributed by atoms with Crippen LogP contribution in [0.1, 0.15) is 30.9 Å². The van der Waals surface area contributed by atoms with Crippen LogP contribution in [0.25, 0.3) is 6.08 Å². The number of thioether (sulfide) groups is 1. The molecule has 2 saturated heterocycles. The van der Waals surface area contributed by atoms with E-state index in [1.54, 1.807) is 4.90 Å². The first kappa shape index (κ1) is 16.1. The standard InChI is InChI=1S/C18H19NO3S2/c1-11-7-13-8-12(4-5-15(13)22-11)9-16-17(20)19(18(23)24-16)10-14-3-2-6-21-14/h4-5,8-9,11,14H,2-3,6-7,10H2,1H3/b16-9-/t11-,14-/m0/s1. The zero-order valence-corrected chi connectivity index (χ0v) is 15.1. The summed E-state index contributed by atoms with van der Waals surface area (Å²) in [5, 5.41) is 0. The van der Waals surface area contributed by atoms with Crippen molar-refractivity contribution < 1.29 is 14.3 Å². The second-order valence-corrected chi connectivity index (χ2v) is 8.10. The molecule has 6 heteroatoms. The number of nitrogens with zero attached hydrogens (tertiary/aromatic N) is 1.